The second-order valence-electron chi connectivity index (χ2n) is 8.69. The molecule has 0 spiro atoms. The number of hydrogen-bond acceptors (Lipinski definition) is 11. The van der Waals surface area contributed by atoms with Gasteiger partial charge in [-0.25, -0.2) is 19.9 Å². The minimum Gasteiger partial charge on any atom is -0.454 e. The van der Waals surface area contributed by atoms with Crippen LogP contribution >= 0.6 is 11.8 Å². The number of amides is 1. The monoisotopic (exact) mass is 523 g/mol. The predicted octanol–water partition coefficient (Wildman–Crippen LogP) is 2.98. The second kappa shape index (κ2) is 10.1. The molecule has 0 saturated carbocycles. The molecular weight excluding hydrogens is 498 g/mol. The topological polar surface area (TPSA) is 163 Å². The van der Waals surface area contributed by atoms with Crippen LogP contribution in [0.25, 0.3) is 22.6 Å². The maximum absolute atomic E-state index is 12.0. The van der Waals surface area contributed by atoms with Crippen molar-refractivity contribution in [2.75, 3.05) is 12.3 Å². The first-order chi connectivity index (χ1) is 17.8. The van der Waals surface area contributed by atoms with Gasteiger partial charge in [-0.05, 0) is 38.1 Å². The summed E-state index contributed by atoms with van der Waals surface area (Å²) in [5.74, 6) is 0.287. The van der Waals surface area contributed by atoms with Gasteiger partial charge < -0.3 is 34.6 Å². The van der Waals surface area contributed by atoms with E-state index in [4.69, 9.17) is 19.6 Å². The maximum atomic E-state index is 12.0. The van der Waals surface area contributed by atoms with Crippen molar-refractivity contribution < 1.29 is 23.8 Å². The number of nitrogens with two attached hydrogens (primary N) is 1. The van der Waals surface area contributed by atoms with Crippen LogP contribution < -0.4 is 11.1 Å². The number of nitrogens with zero attached hydrogens (tertiary/aromatic N) is 5. The van der Waals surface area contributed by atoms with Gasteiger partial charge >= 0.3 is 0 Å². The lowest BCUT2D eigenvalue weighted by molar-refractivity contribution is -0.136. The molecule has 0 saturated heterocycles. The molecular formula is C24H25N7O5S. The van der Waals surface area contributed by atoms with Gasteiger partial charge in [0.1, 0.15) is 24.5 Å². The molecule has 0 aliphatic carbocycles. The summed E-state index contributed by atoms with van der Waals surface area (Å²) >= 11 is 1.26. The Morgan fingerprint density at radius 2 is 2.11 bits per heavy atom. The number of carbonyl (C=O) groups excluding carboxylic acids is 1. The van der Waals surface area contributed by atoms with Crippen molar-refractivity contribution in [2.24, 2.45) is 0 Å². The molecule has 4 aromatic rings. The average molecular weight is 524 g/mol. The van der Waals surface area contributed by atoms with Crippen LogP contribution in [0, 0.1) is 0 Å². The highest BCUT2D eigenvalue weighted by atomic mass is 32.2. The Labute approximate surface area is 215 Å². The van der Waals surface area contributed by atoms with E-state index in [2.05, 4.69) is 25.3 Å². The van der Waals surface area contributed by atoms with Crippen LogP contribution in [0.2, 0.25) is 0 Å². The Morgan fingerprint density at radius 1 is 1.27 bits per heavy atom. The quantitative estimate of drug-likeness (QED) is 0.276. The fourth-order valence-electron chi connectivity index (χ4n) is 3.68. The minimum atomic E-state index is -1.45. The van der Waals surface area contributed by atoms with Crippen molar-refractivity contribution in [3.8, 4) is 11.5 Å². The number of aliphatic hydroxyl groups is 1. The summed E-state index contributed by atoms with van der Waals surface area (Å²) < 4.78 is 19.3. The third-order valence-corrected chi connectivity index (χ3v) is 6.39. The van der Waals surface area contributed by atoms with Crippen LogP contribution in [0.5, 0.6) is 0 Å². The van der Waals surface area contributed by atoms with Gasteiger partial charge in [-0.3, -0.25) is 4.79 Å². The molecule has 12 nitrogen and oxygen atoms in total. The van der Waals surface area contributed by atoms with E-state index in [1.165, 1.54) is 44.5 Å². The molecule has 1 atom stereocenters. The number of aryl methyl sites for hydroxylation is 1. The average Bonchev–Trinajstić information content (AvgIpc) is 3.63. The molecule has 0 fully saturated rings. The van der Waals surface area contributed by atoms with Crippen LogP contribution in [0.15, 0.2) is 64.0 Å². The zero-order valence-corrected chi connectivity index (χ0v) is 20.9. The molecule has 3 aromatic heterocycles. The van der Waals surface area contributed by atoms with Crippen molar-refractivity contribution in [3.63, 3.8) is 0 Å². The van der Waals surface area contributed by atoms with E-state index in [0.29, 0.717) is 46.8 Å². The normalized spacial score (nSPS) is 15.3. The fraction of sp³-hybridized carbons (Fsp3) is 0.292. The largest absolute Gasteiger partial charge is 0.454 e. The molecule has 1 aromatic carbocycles. The van der Waals surface area contributed by atoms with Crippen LogP contribution in [0.3, 0.4) is 0 Å². The molecule has 0 radical (unpaired) electrons. The Balaban J connectivity index is 1.32. The Bertz CT molecular complexity index is 1450. The zero-order valence-electron chi connectivity index (χ0n) is 20.1. The molecule has 1 unspecified atom stereocenters. The maximum Gasteiger partial charge on any atom is 0.268 e. The molecule has 1 aliphatic heterocycles. The van der Waals surface area contributed by atoms with Gasteiger partial charge in [-0.2, -0.15) is 0 Å². The Morgan fingerprint density at radius 3 is 2.89 bits per heavy atom. The number of ether oxygens (including phenoxy) is 2. The van der Waals surface area contributed by atoms with Crippen LogP contribution in [-0.4, -0.2) is 47.7 Å². The van der Waals surface area contributed by atoms with E-state index in [-0.39, 0.29) is 5.82 Å². The van der Waals surface area contributed by atoms with E-state index in [9.17, 15) is 9.90 Å². The van der Waals surface area contributed by atoms with Gasteiger partial charge in [-0.15, -0.1) is 0 Å². The highest BCUT2D eigenvalue weighted by molar-refractivity contribution is 8.02. The predicted molar refractivity (Wildman–Crippen MR) is 134 cm³/mol. The van der Waals surface area contributed by atoms with Crippen molar-refractivity contribution in [1.29, 1.82) is 0 Å². The number of thioether (sulfide) groups is 1. The third-order valence-electron chi connectivity index (χ3n) is 5.51. The molecule has 1 aliphatic rings. The number of anilines is 1. The van der Waals surface area contributed by atoms with E-state index in [0.717, 1.165) is 11.1 Å². The summed E-state index contributed by atoms with van der Waals surface area (Å²) in [6.45, 7) is 3.71. The van der Waals surface area contributed by atoms with Gasteiger partial charge in [-0.1, -0.05) is 18.2 Å². The van der Waals surface area contributed by atoms with Crippen LogP contribution in [0.1, 0.15) is 32.1 Å². The molecule has 4 N–H and O–H groups in total. The van der Waals surface area contributed by atoms with E-state index in [1.807, 2.05) is 28.8 Å². The molecule has 0 bridgehead atoms. The van der Waals surface area contributed by atoms with E-state index >= 15 is 0 Å². The lowest BCUT2D eigenvalue weighted by Crippen LogP contribution is -2.42. The summed E-state index contributed by atoms with van der Waals surface area (Å²) in [5.41, 5.74) is 7.16. The van der Waals surface area contributed by atoms with Gasteiger partial charge in [0.15, 0.2) is 22.1 Å². The van der Waals surface area contributed by atoms with Gasteiger partial charge in [0.25, 0.3) is 12.2 Å². The Kier molecular flexibility index (Phi) is 6.72. The van der Waals surface area contributed by atoms with Gasteiger partial charge in [0.05, 0.1) is 6.20 Å². The number of carbonyl (C=O) groups is 1. The first kappa shape index (κ1) is 24.6. The summed E-state index contributed by atoms with van der Waals surface area (Å²) in [5, 5.41) is 13.6. The fourth-order valence-corrected chi connectivity index (χ4v) is 4.52. The molecule has 13 heteroatoms. The minimum absolute atomic E-state index is 0.260. The number of fused-ring (bicyclic) bond motifs is 1. The number of rotatable bonds is 9. The van der Waals surface area contributed by atoms with Gasteiger partial charge in [0, 0.05) is 24.2 Å². The van der Waals surface area contributed by atoms with Crippen molar-refractivity contribution in [3.05, 3.63) is 60.0 Å². The highest BCUT2D eigenvalue weighted by Gasteiger charge is 2.28. The summed E-state index contributed by atoms with van der Waals surface area (Å²) in [7, 11) is 0. The van der Waals surface area contributed by atoms with Crippen LogP contribution in [0.4, 0.5) is 5.82 Å². The van der Waals surface area contributed by atoms with Gasteiger partial charge in [0.2, 0.25) is 11.0 Å². The standard InChI is InChI=1S/C24H25N7O5S/c1-24(2,33)22(32)27-8-5-10-31-19-17(18(25)28-13-29-19)30-23(31)37-16-12-35-21(36-16)15-7-4-3-6-14(15)20-26-9-11-34-20/h3-4,6-7,9,11-13,21,33H,5,8,10H2,1-2H3,(H,27,32)(H2,25,28,29). The van der Waals surface area contributed by atoms with Crippen molar-refractivity contribution >= 4 is 34.7 Å². The number of aromatic nitrogens is 5. The third kappa shape index (κ3) is 5.22. The number of benzene rings is 1. The highest BCUT2D eigenvalue weighted by Crippen LogP contribution is 2.40. The molecule has 1 amide bonds. The molecule has 5 rings (SSSR count). The lowest BCUT2D eigenvalue weighted by Gasteiger charge is -2.17. The number of imidazole rings is 1. The Hall–Kier alpha value is -4.10. The molecule has 192 valence electrons. The lowest BCUT2D eigenvalue weighted by atomic mass is 10.1. The van der Waals surface area contributed by atoms with Crippen molar-refractivity contribution in [2.45, 2.75) is 43.9 Å². The van der Waals surface area contributed by atoms with E-state index in [1.54, 1.807) is 6.20 Å². The van der Waals surface area contributed by atoms with E-state index < -0.39 is 17.8 Å². The second-order valence-corrected chi connectivity index (χ2v) is 9.67. The summed E-state index contributed by atoms with van der Waals surface area (Å²) in [6.07, 6.45) is 5.88. The smallest absolute Gasteiger partial charge is 0.268 e. The van der Waals surface area contributed by atoms with Crippen LogP contribution in [-0.2, 0) is 20.8 Å². The summed E-state index contributed by atoms with van der Waals surface area (Å²) in [4.78, 5) is 29.2. The number of nitrogens with one attached hydrogen (secondary N) is 1. The zero-order chi connectivity index (χ0) is 26.0. The number of oxazole rings is 1. The first-order valence-corrected chi connectivity index (χ1v) is 12.3. The molecule has 4 heterocycles. The first-order valence-electron chi connectivity index (χ1n) is 11.5. The van der Waals surface area contributed by atoms with Crippen molar-refractivity contribution in [1.82, 2.24) is 29.8 Å². The molecule has 37 heavy (non-hydrogen) atoms. The SMILES string of the molecule is CC(C)(O)C(=O)NCCCn1c(SC2=COC(c3ccccc3-c3ncco3)O2)nc2c(N)ncnc21. The number of hydrogen-bond donors (Lipinski definition) is 3. The summed E-state index contributed by atoms with van der Waals surface area (Å²) in [6, 6.07) is 7.55. The number of nitrogen functional groups attached to an aromatic ring is 1.